The molecule has 0 fully saturated rings. The molecule has 1 aromatic rings. The topological polar surface area (TPSA) is 93.2 Å². The number of nitrogen functional groups attached to an aromatic ring is 1. The van der Waals surface area contributed by atoms with Gasteiger partial charge in [0.25, 0.3) is 0 Å². The summed E-state index contributed by atoms with van der Waals surface area (Å²) in [6, 6.07) is 0. The second-order valence-electron chi connectivity index (χ2n) is 3.86. The van der Waals surface area contributed by atoms with Crippen molar-refractivity contribution in [2.75, 3.05) is 26.4 Å². The van der Waals surface area contributed by atoms with Crippen LogP contribution in [0.25, 0.3) is 0 Å². The molecule has 0 unspecified atom stereocenters. The predicted octanol–water partition coefficient (Wildman–Crippen LogP) is -0.940. The number of nitrogens with two attached hydrogens (primary N) is 1. The molecule has 0 aromatic carbocycles. The average Bonchev–Trinajstić information content (AvgIpc) is 2.63. The lowest BCUT2D eigenvalue weighted by Gasteiger charge is -2.10. The maximum Gasteiger partial charge on any atom is 0.241 e. The zero-order valence-corrected chi connectivity index (χ0v) is 10.0. The van der Waals surface area contributed by atoms with E-state index in [0.717, 1.165) is 0 Å². The van der Waals surface area contributed by atoms with E-state index >= 15 is 0 Å². The van der Waals surface area contributed by atoms with E-state index in [0.29, 0.717) is 18.7 Å². The van der Waals surface area contributed by atoms with Crippen LogP contribution >= 0.6 is 0 Å². The molecule has 94 valence electrons. The van der Waals surface area contributed by atoms with Crippen LogP contribution in [0.4, 0.5) is 5.69 Å². The summed E-state index contributed by atoms with van der Waals surface area (Å²) in [5, 5.41) is 6.52. The highest BCUT2D eigenvalue weighted by molar-refractivity contribution is 5.78. The Hall–Kier alpha value is -2.05. The van der Waals surface area contributed by atoms with Gasteiger partial charge in [0.15, 0.2) is 0 Å². The molecule has 0 aliphatic heterocycles. The average molecular weight is 239 g/mol. The van der Waals surface area contributed by atoms with Gasteiger partial charge in [0.05, 0.1) is 11.9 Å². The molecule has 0 spiro atoms. The number of rotatable bonds is 5. The standard InChI is InChI=1S/C10H17N5O2/c1-14(2)10(17)3-4-12-9(16)7-15-6-8(11)5-13-15/h5-6H,3-4,7,11H2,1-2H3,(H,12,16). The summed E-state index contributed by atoms with van der Waals surface area (Å²) in [7, 11) is 3.35. The first-order valence-electron chi connectivity index (χ1n) is 5.24. The van der Waals surface area contributed by atoms with Crippen LogP contribution < -0.4 is 11.1 Å². The number of hydrogen-bond acceptors (Lipinski definition) is 4. The molecule has 0 bridgehead atoms. The molecule has 17 heavy (non-hydrogen) atoms. The van der Waals surface area contributed by atoms with Gasteiger partial charge in [-0.2, -0.15) is 5.10 Å². The summed E-state index contributed by atoms with van der Waals surface area (Å²) in [4.78, 5) is 24.1. The quantitative estimate of drug-likeness (QED) is 0.693. The van der Waals surface area contributed by atoms with Gasteiger partial charge in [-0.25, -0.2) is 0 Å². The van der Waals surface area contributed by atoms with E-state index in [1.54, 1.807) is 20.3 Å². The van der Waals surface area contributed by atoms with Gasteiger partial charge in [-0.05, 0) is 0 Å². The number of carbonyl (C=O) groups excluding carboxylic acids is 2. The highest BCUT2D eigenvalue weighted by atomic mass is 16.2. The summed E-state index contributed by atoms with van der Waals surface area (Å²) in [6.07, 6.45) is 3.34. The summed E-state index contributed by atoms with van der Waals surface area (Å²) in [5.74, 6) is -0.215. The zero-order chi connectivity index (χ0) is 12.8. The van der Waals surface area contributed by atoms with E-state index in [1.807, 2.05) is 0 Å². The van der Waals surface area contributed by atoms with Crippen molar-refractivity contribution in [3.05, 3.63) is 12.4 Å². The zero-order valence-electron chi connectivity index (χ0n) is 10.0. The third-order valence-electron chi connectivity index (χ3n) is 2.12. The second kappa shape index (κ2) is 5.88. The van der Waals surface area contributed by atoms with Crippen LogP contribution in [-0.2, 0) is 16.1 Å². The van der Waals surface area contributed by atoms with E-state index in [-0.39, 0.29) is 18.4 Å². The van der Waals surface area contributed by atoms with Crippen molar-refractivity contribution in [1.29, 1.82) is 0 Å². The summed E-state index contributed by atoms with van der Waals surface area (Å²) in [5.41, 5.74) is 5.98. The van der Waals surface area contributed by atoms with E-state index in [9.17, 15) is 9.59 Å². The SMILES string of the molecule is CN(C)C(=O)CCNC(=O)Cn1cc(N)cn1. The molecule has 1 heterocycles. The van der Waals surface area contributed by atoms with Crippen LogP contribution in [0.3, 0.4) is 0 Å². The molecule has 7 heteroatoms. The first kappa shape index (κ1) is 13.0. The van der Waals surface area contributed by atoms with Crippen molar-refractivity contribution >= 4 is 17.5 Å². The lowest BCUT2D eigenvalue weighted by atomic mass is 10.4. The van der Waals surface area contributed by atoms with E-state index in [4.69, 9.17) is 5.73 Å². The monoisotopic (exact) mass is 239 g/mol. The Bertz CT molecular complexity index is 399. The molecule has 1 rings (SSSR count). The first-order chi connectivity index (χ1) is 7.99. The van der Waals surface area contributed by atoms with E-state index < -0.39 is 0 Å². The first-order valence-corrected chi connectivity index (χ1v) is 5.24. The Morgan fingerprint density at radius 1 is 1.53 bits per heavy atom. The minimum Gasteiger partial charge on any atom is -0.396 e. The fraction of sp³-hybridized carbons (Fsp3) is 0.500. The second-order valence-corrected chi connectivity index (χ2v) is 3.86. The lowest BCUT2D eigenvalue weighted by Crippen LogP contribution is -2.32. The van der Waals surface area contributed by atoms with Crippen molar-refractivity contribution < 1.29 is 9.59 Å². The molecular weight excluding hydrogens is 222 g/mol. The van der Waals surface area contributed by atoms with E-state index in [2.05, 4.69) is 10.4 Å². The smallest absolute Gasteiger partial charge is 0.241 e. The fourth-order valence-corrected chi connectivity index (χ4v) is 1.20. The van der Waals surface area contributed by atoms with Crippen molar-refractivity contribution in [3.8, 4) is 0 Å². The van der Waals surface area contributed by atoms with Crippen molar-refractivity contribution in [2.24, 2.45) is 0 Å². The summed E-state index contributed by atoms with van der Waals surface area (Å²) in [6.45, 7) is 0.431. The van der Waals surface area contributed by atoms with Gasteiger partial charge in [-0.1, -0.05) is 0 Å². The summed E-state index contributed by atoms with van der Waals surface area (Å²) < 4.78 is 1.44. The van der Waals surface area contributed by atoms with Crippen LogP contribution in [0.15, 0.2) is 12.4 Å². The van der Waals surface area contributed by atoms with Gasteiger partial charge in [0.2, 0.25) is 11.8 Å². The Balaban J connectivity index is 2.24. The number of nitrogens with one attached hydrogen (secondary N) is 1. The Morgan fingerprint density at radius 2 is 2.24 bits per heavy atom. The molecule has 1 aromatic heterocycles. The van der Waals surface area contributed by atoms with Crippen LogP contribution in [0.1, 0.15) is 6.42 Å². The fourth-order valence-electron chi connectivity index (χ4n) is 1.20. The number of anilines is 1. The van der Waals surface area contributed by atoms with Gasteiger partial charge in [0.1, 0.15) is 6.54 Å². The van der Waals surface area contributed by atoms with Crippen LogP contribution in [-0.4, -0.2) is 47.1 Å². The normalized spacial score (nSPS) is 10.0. The molecule has 0 radical (unpaired) electrons. The van der Waals surface area contributed by atoms with Gasteiger partial charge >= 0.3 is 0 Å². The van der Waals surface area contributed by atoms with Crippen LogP contribution in [0.5, 0.6) is 0 Å². The number of aromatic nitrogens is 2. The van der Waals surface area contributed by atoms with Gasteiger partial charge in [-0.3, -0.25) is 14.3 Å². The largest absolute Gasteiger partial charge is 0.396 e. The maximum atomic E-state index is 11.4. The Kier molecular flexibility index (Phi) is 4.50. The van der Waals surface area contributed by atoms with E-state index in [1.165, 1.54) is 15.8 Å². The van der Waals surface area contributed by atoms with Gasteiger partial charge in [-0.15, -0.1) is 0 Å². The molecule has 0 saturated carbocycles. The van der Waals surface area contributed by atoms with Crippen molar-refractivity contribution in [3.63, 3.8) is 0 Å². The molecule has 0 aliphatic carbocycles. The molecular formula is C10H17N5O2. The number of carbonyl (C=O) groups is 2. The molecule has 7 nitrogen and oxygen atoms in total. The van der Waals surface area contributed by atoms with Crippen molar-refractivity contribution in [1.82, 2.24) is 20.0 Å². The minimum absolute atomic E-state index is 0.0198. The Labute approximate surface area is 99.6 Å². The molecule has 2 amide bonds. The van der Waals surface area contributed by atoms with Crippen LogP contribution in [0, 0.1) is 0 Å². The molecule has 0 saturated heterocycles. The van der Waals surface area contributed by atoms with Crippen LogP contribution in [0.2, 0.25) is 0 Å². The minimum atomic E-state index is -0.195. The maximum absolute atomic E-state index is 11.4. The number of hydrogen-bond donors (Lipinski definition) is 2. The van der Waals surface area contributed by atoms with Crippen molar-refractivity contribution in [2.45, 2.75) is 13.0 Å². The molecule has 3 N–H and O–H groups in total. The third-order valence-corrected chi connectivity index (χ3v) is 2.12. The van der Waals surface area contributed by atoms with Gasteiger partial charge in [0, 0.05) is 33.3 Å². The third kappa shape index (κ3) is 4.54. The number of nitrogens with zero attached hydrogens (tertiary/aromatic N) is 3. The molecule has 0 aliphatic rings. The summed E-state index contributed by atoms with van der Waals surface area (Å²) >= 11 is 0. The predicted molar refractivity (Wildman–Crippen MR) is 63.0 cm³/mol. The highest BCUT2D eigenvalue weighted by Crippen LogP contribution is 1.96. The number of amides is 2. The van der Waals surface area contributed by atoms with Gasteiger partial charge < -0.3 is 16.0 Å². The molecule has 0 atom stereocenters. The highest BCUT2D eigenvalue weighted by Gasteiger charge is 2.06. The lowest BCUT2D eigenvalue weighted by molar-refractivity contribution is -0.128. The Morgan fingerprint density at radius 3 is 2.76 bits per heavy atom.